The number of hydrogen-bond donors (Lipinski definition) is 6. The Balaban J connectivity index is 4.40. The average molecular weight is 310 g/mol. The van der Waals surface area contributed by atoms with Gasteiger partial charge in [-0.3, -0.25) is 4.79 Å². The highest BCUT2D eigenvalue weighted by atomic mass is 16.6. The van der Waals surface area contributed by atoms with Crippen molar-refractivity contribution >= 4 is 5.91 Å². The molecule has 0 bridgehead atoms. The zero-order chi connectivity index (χ0) is 16.3. The molecule has 0 saturated carbocycles. The average Bonchev–Trinajstić information content (AvgIpc) is 2.43. The summed E-state index contributed by atoms with van der Waals surface area (Å²) in [5.74, 6) is -0.503. The number of nitrogens with two attached hydrogens (primary N) is 1. The third-order valence-electron chi connectivity index (χ3n) is 2.64. The van der Waals surface area contributed by atoms with Gasteiger partial charge >= 0.3 is 0 Å². The number of rotatable bonds is 12. The van der Waals surface area contributed by atoms with Crippen LogP contribution in [0.2, 0.25) is 0 Å². The van der Waals surface area contributed by atoms with E-state index < -0.39 is 30.4 Å². The predicted octanol–water partition coefficient (Wildman–Crippen LogP) is -3.09. The Morgan fingerprint density at radius 1 is 1.24 bits per heavy atom. The van der Waals surface area contributed by atoms with Gasteiger partial charge in [-0.2, -0.15) is 0 Å². The van der Waals surface area contributed by atoms with Crippen LogP contribution in [-0.2, 0) is 14.3 Å². The second-order valence-corrected chi connectivity index (χ2v) is 4.46. The number of hydrogen-bond acceptors (Lipinski definition) is 8. The van der Waals surface area contributed by atoms with Gasteiger partial charge in [0.05, 0.1) is 25.9 Å². The van der Waals surface area contributed by atoms with Gasteiger partial charge in [-0.05, 0) is 6.42 Å². The maximum Gasteiger partial charge on any atom is 0.217 e. The van der Waals surface area contributed by atoms with Crippen molar-refractivity contribution in [3.05, 3.63) is 0 Å². The van der Waals surface area contributed by atoms with E-state index in [2.05, 4.69) is 5.32 Å². The smallest absolute Gasteiger partial charge is 0.217 e. The van der Waals surface area contributed by atoms with Crippen molar-refractivity contribution in [3.8, 4) is 0 Å². The maximum absolute atomic E-state index is 11.1. The van der Waals surface area contributed by atoms with Crippen molar-refractivity contribution in [1.82, 2.24) is 5.32 Å². The molecule has 0 rings (SSSR count). The summed E-state index contributed by atoms with van der Waals surface area (Å²) in [6, 6.07) is -1.22. The Labute approximate surface area is 123 Å². The molecule has 1 amide bonds. The Morgan fingerprint density at radius 3 is 2.43 bits per heavy atom. The van der Waals surface area contributed by atoms with E-state index in [1.165, 1.54) is 6.92 Å². The molecule has 0 aliphatic heterocycles. The number of ether oxygens (including phenoxy) is 2. The quantitative estimate of drug-likeness (QED) is 0.164. The first-order chi connectivity index (χ1) is 9.93. The molecule has 4 atom stereocenters. The molecule has 0 aromatic rings. The number of carbonyl (C=O) groups is 1. The van der Waals surface area contributed by atoms with Gasteiger partial charge in [0.25, 0.3) is 0 Å². The van der Waals surface area contributed by atoms with E-state index in [-0.39, 0.29) is 26.2 Å². The van der Waals surface area contributed by atoms with E-state index in [1.54, 1.807) is 0 Å². The van der Waals surface area contributed by atoms with Crippen LogP contribution in [0.4, 0.5) is 0 Å². The minimum atomic E-state index is -1.53. The Kier molecular flexibility index (Phi) is 11.4. The SMILES string of the molecule is CC(=O)NC(C(O)OCCOCCN)C(O)C(O)CCO. The van der Waals surface area contributed by atoms with Gasteiger partial charge in [0.2, 0.25) is 5.91 Å². The fourth-order valence-electron chi connectivity index (χ4n) is 1.62. The van der Waals surface area contributed by atoms with Crippen molar-refractivity contribution in [1.29, 1.82) is 0 Å². The molecule has 0 saturated heterocycles. The summed E-state index contributed by atoms with van der Waals surface area (Å²) >= 11 is 0. The summed E-state index contributed by atoms with van der Waals surface area (Å²) in [6.45, 7) is 1.80. The van der Waals surface area contributed by atoms with Crippen LogP contribution in [0, 0.1) is 0 Å². The van der Waals surface area contributed by atoms with Crippen molar-refractivity contribution in [2.75, 3.05) is 33.0 Å². The molecule has 9 nitrogen and oxygen atoms in total. The normalized spacial score (nSPS) is 17.0. The zero-order valence-electron chi connectivity index (χ0n) is 12.1. The molecule has 21 heavy (non-hydrogen) atoms. The van der Waals surface area contributed by atoms with Crippen molar-refractivity contribution in [3.63, 3.8) is 0 Å². The zero-order valence-corrected chi connectivity index (χ0v) is 12.1. The summed E-state index contributed by atoms with van der Waals surface area (Å²) < 4.78 is 10.1. The number of aliphatic hydroxyl groups excluding tert-OH is 4. The fraction of sp³-hybridized carbons (Fsp3) is 0.917. The van der Waals surface area contributed by atoms with E-state index in [0.717, 1.165) is 0 Å². The molecule has 0 aliphatic carbocycles. The van der Waals surface area contributed by atoms with Crippen LogP contribution in [-0.4, -0.2) is 83.8 Å². The van der Waals surface area contributed by atoms with E-state index in [0.29, 0.717) is 13.2 Å². The topological polar surface area (TPSA) is 154 Å². The first-order valence-corrected chi connectivity index (χ1v) is 6.75. The molecule has 9 heteroatoms. The minimum absolute atomic E-state index is 0.0278. The lowest BCUT2D eigenvalue weighted by atomic mass is 10.0. The number of nitrogens with one attached hydrogen (secondary N) is 1. The van der Waals surface area contributed by atoms with Crippen LogP contribution in [0.25, 0.3) is 0 Å². The molecule has 0 heterocycles. The van der Waals surface area contributed by atoms with Crippen LogP contribution in [0.3, 0.4) is 0 Å². The van der Waals surface area contributed by atoms with Crippen LogP contribution in [0.5, 0.6) is 0 Å². The fourth-order valence-corrected chi connectivity index (χ4v) is 1.62. The van der Waals surface area contributed by atoms with Gasteiger partial charge in [-0.25, -0.2) is 0 Å². The van der Waals surface area contributed by atoms with Gasteiger partial charge in [-0.15, -0.1) is 0 Å². The molecule has 126 valence electrons. The highest BCUT2D eigenvalue weighted by Gasteiger charge is 2.33. The van der Waals surface area contributed by atoms with Crippen molar-refractivity contribution < 1.29 is 34.7 Å². The van der Waals surface area contributed by atoms with Gasteiger partial charge in [-0.1, -0.05) is 0 Å². The third kappa shape index (κ3) is 8.94. The van der Waals surface area contributed by atoms with Crippen LogP contribution >= 0.6 is 0 Å². The summed E-state index contributed by atoms with van der Waals surface area (Å²) in [5.41, 5.74) is 5.23. The molecule has 0 radical (unpaired) electrons. The predicted molar refractivity (Wildman–Crippen MR) is 73.2 cm³/mol. The molecule has 0 spiro atoms. The summed E-state index contributed by atoms with van der Waals surface area (Å²) in [7, 11) is 0. The molecule has 0 fully saturated rings. The molecular formula is C12H26N2O7. The van der Waals surface area contributed by atoms with Crippen LogP contribution in [0.1, 0.15) is 13.3 Å². The largest absolute Gasteiger partial charge is 0.396 e. The highest BCUT2D eigenvalue weighted by molar-refractivity contribution is 5.73. The van der Waals surface area contributed by atoms with Crippen LogP contribution in [0.15, 0.2) is 0 Å². The van der Waals surface area contributed by atoms with Gasteiger partial charge in [0, 0.05) is 20.1 Å². The molecule has 0 aromatic carbocycles. The van der Waals surface area contributed by atoms with Crippen molar-refractivity contribution in [2.24, 2.45) is 5.73 Å². The van der Waals surface area contributed by atoms with Crippen LogP contribution < -0.4 is 11.1 Å². The maximum atomic E-state index is 11.1. The second kappa shape index (κ2) is 11.8. The van der Waals surface area contributed by atoms with E-state index in [4.69, 9.17) is 20.3 Å². The van der Waals surface area contributed by atoms with Crippen molar-refractivity contribution in [2.45, 2.75) is 37.9 Å². The molecule has 7 N–H and O–H groups in total. The molecule has 0 aromatic heterocycles. The van der Waals surface area contributed by atoms with Gasteiger partial charge < -0.3 is 41.0 Å². The van der Waals surface area contributed by atoms with E-state index in [1.807, 2.05) is 0 Å². The monoisotopic (exact) mass is 310 g/mol. The standard InChI is InChI=1S/C12H26N2O7/c1-8(16)14-10(11(18)9(17)2-4-15)12(19)21-7-6-20-5-3-13/h9-12,15,17-19H,2-7,13H2,1H3,(H,14,16). The van der Waals surface area contributed by atoms with Gasteiger partial charge in [0.15, 0.2) is 6.29 Å². The first-order valence-electron chi connectivity index (χ1n) is 6.75. The lowest BCUT2D eigenvalue weighted by molar-refractivity contribution is -0.165. The lowest BCUT2D eigenvalue weighted by Gasteiger charge is -2.30. The van der Waals surface area contributed by atoms with E-state index >= 15 is 0 Å². The summed E-state index contributed by atoms with van der Waals surface area (Å²) in [6.07, 6.45) is -4.41. The third-order valence-corrected chi connectivity index (χ3v) is 2.64. The number of aliphatic hydroxyl groups is 4. The Morgan fingerprint density at radius 2 is 1.90 bits per heavy atom. The second-order valence-electron chi connectivity index (χ2n) is 4.46. The molecule has 4 unspecified atom stereocenters. The Bertz CT molecular complexity index is 280. The number of carbonyl (C=O) groups excluding carboxylic acids is 1. The summed E-state index contributed by atoms with van der Waals surface area (Å²) in [4.78, 5) is 11.1. The lowest BCUT2D eigenvalue weighted by Crippen LogP contribution is -2.55. The Hall–Kier alpha value is -0.810. The highest BCUT2D eigenvalue weighted by Crippen LogP contribution is 2.09. The van der Waals surface area contributed by atoms with Gasteiger partial charge in [0.1, 0.15) is 12.1 Å². The van der Waals surface area contributed by atoms with E-state index in [9.17, 15) is 20.1 Å². The molecular weight excluding hydrogens is 284 g/mol. The first kappa shape index (κ1) is 20.2. The molecule has 0 aliphatic rings. The minimum Gasteiger partial charge on any atom is -0.396 e. The summed E-state index contributed by atoms with van der Waals surface area (Å²) in [5, 5.41) is 40.4. The number of amides is 1.